The molecule has 150 valence electrons. The number of imidazole rings is 1. The van der Waals surface area contributed by atoms with Gasteiger partial charge in [0.05, 0.1) is 18.8 Å². The number of hydrogen-bond donors (Lipinski definition) is 3. The molecule has 0 fully saturated rings. The molecule has 3 amide bonds. The average molecular weight is 412 g/mol. The van der Waals surface area contributed by atoms with Gasteiger partial charge in [-0.3, -0.25) is 4.79 Å². The third-order valence-corrected chi connectivity index (χ3v) is 4.74. The van der Waals surface area contributed by atoms with Gasteiger partial charge in [-0.25, -0.2) is 9.78 Å². The number of halogens is 1. The predicted octanol–water partition coefficient (Wildman–Crippen LogP) is 3.00. The van der Waals surface area contributed by atoms with Gasteiger partial charge in [0.1, 0.15) is 0 Å². The molecule has 0 aliphatic rings. The fourth-order valence-corrected chi connectivity index (χ4v) is 3.16. The van der Waals surface area contributed by atoms with E-state index in [1.54, 1.807) is 36.8 Å². The third kappa shape index (κ3) is 6.08. The van der Waals surface area contributed by atoms with E-state index in [1.165, 1.54) is 0 Å². The molecule has 8 heteroatoms. The van der Waals surface area contributed by atoms with Gasteiger partial charge in [-0.05, 0) is 28.8 Å². The molecule has 7 nitrogen and oxygen atoms in total. The largest absolute Gasteiger partial charge is 0.352 e. The lowest BCUT2D eigenvalue weighted by atomic mass is 10.0. The summed E-state index contributed by atoms with van der Waals surface area (Å²) in [4.78, 5) is 27.9. The minimum absolute atomic E-state index is 0.0637. The lowest BCUT2D eigenvalue weighted by Crippen LogP contribution is -2.36. The Kier molecular flexibility index (Phi) is 6.86. The first-order valence-corrected chi connectivity index (χ1v) is 9.49. The van der Waals surface area contributed by atoms with E-state index in [2.05, 4.69) is 15.6 Å². The van der Waals surface area contributed by atoms with Crippen molar-refractivity contribution in [1.82, 2.24) is 20.2 Å². The highest BCUT2D eigenvalue weighted by molar-refractivity contribution is 6.30. The topological polar surface area (TPSA) is 102 Å². The third-order valence-electron chi connectivity index (χ3n) is 4.48. The van der Waals surface area contributed by atoms with Crippen LogP contribution in [0, 0.1) is 0 Å². The summed E-state index contributed by atoms with van der Waals surface area (Å²) in [5, 5.41) is 6.11. The summed E-state index contributed by atoms with van der Waals surface area (Å²) < 4.78 is 1.97. The SMILES string of the molecule is NC(=O)N[C@H](CC(=O)NCc1ccccc1Cn1ccnc1)c1ccc(Cl)cc1. The molecule has 0 bridgehead atoms. The number of urea groups is 1. The number of hydrogen-bond acceptors (Lipinski definition) is 3. The number of benzene rings is 2. The van der Waals surface area contributed by atoms with E-state index >= 15 is 0 Å². The highest BCUT2D eigenvalue weighted by atomic mass is 35.5. The predicted molar refractivity (Wildman–Crippen MR) is 111 cm³/mol. The van der Waals surface area contributed by atoms with Crippen molar-refractivity contribution in [3.63, 3.8) is 0 Å². The van der Waals surface area contributed by atoms with Crippen LogP contribution in [0.5, 0.6) is 0 Å². The quantitative estimate of drug-likeness (QED) is 0.531. The number of carbonyl (C=O) groups is 2. The van der Waals surface area contributed by atoms with Gasteiger partial charge in [0.2, 0.25) is 5.91 Å². The van der Waals surface area contributed by atoms with Crippen molar-refractivity contribution in [1.29, 1.82) is 0 Å². The Morgan fingerprint density at radius 3 is 2.48 bits per heavy atom. The second-order valence-electron chi connectivity index (χ2n) is 6.60. The van der Waals surface area contributed by atoms with Crippen LogP contribution in [0.2, 0.25) is 5.02 Å². The molecular formula is C21H22ClN5O2. The fraction of sp³-hybridized carbons (Fsp3) is 0.190. The van der Waals surface area contributed by atoms with Gasteiger partial charge in [0.15, 0.2) is 0 Å². The number of primary amides is 1. The van der Waals surface area contributed by atoms with Crippen molar-refractivity contribution in [2.75, 3.05) is 0 Å². The zero-order valence-electron chi connectivity index (χ0n) is 15.7. The smallest absolute Gasteiger partial charge is 0.312 e. The first-order chi connectivity index (χ1) is 14.0. The zero-order valence-corrected chi connectivity index (χ0v) is 16.5. The Morgan fingerprint density at radius 2 is 1.83 bits per heavy atom. The number of aromatic nitrogens is 2. The summed E-state index contributed by atoms with van der Waals surface area (Å²) in [6, 6.07) is 13.6. The van der Waals surface area contributed by atoms with E-state index in [9.17, 15) is 9.59 Å². The first kappa shape index (κ1) is 20.4. The van der Waals surface area contributed by atoms with Gasteiger partial charge in [-0.1, -0.05) is 48.0 Å². The monoisotopic (exact) mass is 411 g/mol. The highest BCUT2D eigenvalue weighted by Gasteiger charge is 2.17. The Hall–Kier alpha value is -3.32. The van der Waals surface area contributed by atoms with Crippen molar-refractivity contribution in [3.05, 3.63) is 89.0 Å². The van der Waals surface area contributed by atoms with Crippen LogP contribution in [-0.2, 0) is 17.9 Å². The van der Waals surface area contributed by atoms with Crippen LogP contribution in [0.4, 0.5) is 4.79 Å². The molecule has 0 spiro atoms. The summed E-state index contributed by atoms with van der Waals surface area (Å²) in [5.74, 6) is -0.198. The molecule has 1 heterocycles. The fourth-order valence-electron chi connectivity index (χ4n) is 3.03. The standard InChI is InChI=1S/C21H22ClN5O2/c22-18-7-5-15(6-8-18)19(26-21(23)29)11-20(28)25-12-16-3-1-2-4-17(16)13-27-10-9-24-14-27/h1-10,14,19H,11-13H2,(H,25,28)(H3,23,26,29)/t19-/m1/s1. The molecule has 0 unspecified atom stereocenters. The minimum atomic E-state index is -0.691. The molecule has 0 saturated carbocycles. The second kappa shape index (κ2) is 9.75. The van der Waals surface area contributed by atoms with Crippen LogP contribution in [0.1, 0.15) is 29.2 Å². The minimum Gasteiger partial charge on any atom is -0.352 e. The zero-order chi connectivity index (χ0) is 20.6. The van der Waals surface area contributed by atoms with Crippen molar-refractivity contribution >= 4 is 23.5 Å². The van der Waals surface area contributed by atoms with Crippen LogP contribution in [-0.4, -0.2) is 21.5 Å². The summed E-state index contributed by atoms with van der Waals surface area (Å²) in [5.41, 5.74) is 8.13. The molecule has 0 radical (unpaired) electrons. The van der Waals surface area contributed by atoms with E-state index in [0.717, 1.165) is 16.7 Å². The molecule has 1 atom stereocenters. The number of carbonyl (C=O) groups excluding carboxylic acids is 2. The van der Waals surface area contributed by atoms with Gasteiger partial charge in [0.25, 0.3) is 0 Å². The van der Waals surface area contributed by atoms with E-state index in [1.807, 2.05) is 35.0 Å². The Bertz CT molecular complexity index is 957. The summed E-state index contributed by atoms with van der Waals surface area (Å²) in [7, 11) is 0. The van der Waals surface area contributed by atoms with Crippen molar-refractivity contribution in [2.24, 2.45) is 5.73 Å². The van der Waals surface area contributed by atoms with Crippen LogP contribution in [0.15, 0.2) is 67.3 Å². The average Bonchev–Trinajstić information content (AvgIpc) is 3.20. The molecular weight excluding hydrogens is 390 g/mol. The van der Waals surface area contributed by atoms with Gasteiger partial charge in [0, 0.05) is 30.5 Å². The maximum absolute atomic E-state index is 12.5. The molecule has 0 aliphatic carbocycles. The number of nitrogens with zero attached hydrogens (tertiary/aromatic N) is 2. The van der Waals surface area contributed by atoms with E-state index < -0.39 is 12.1 Å². The van der Waals surface area contributed by atoms with E-state index in [-0.39, 0.29) is 12.3 Å². The molecule has 3 aromatic rings. The maximum Gasteiger partial charge on any atom is 0.312 e. The molecule has 29 heavy (non-hydrogen) atoms. The lowest BCUT2D eigenvalue weighted by Gasteiger charge is -2.18. The Balaban J connectivity index is 1.63. The van der Waals surface area contributed by atoms with E-state index in [4.69, 9.17) is 17.3 Å². The van der Waals surface area contributed by atoms with Crippen LogP contribution < -0.4 is 16.4 Å². The van der Waals surface area contributed by atoms with Crippen molar-refractivity contribution in [2.45, 2.75) is 25.6 Å². The van der Waals surface area contributed by atoms with Crippen LogP contribution in [0.3, 0.4) is 0 Å². The van der Waals surface area contributed by atoms with Crippen LogP contribution >= 0.6 is 11.6 Å². The Morgan fingerprint density at radius 1 is 1.10 bits per heavy atom. The number of amides is 3. The Labute approximate surface area is 173 Å². The normalized spacial score (nSPS) is 11.6. The van der Waals surface area contributed by atoms with E-state index in [0.29, 0.717) is 18.1 Å². The van der Waals surface area contributed by atoms with Gasteiger partial charge in [-0.15, -0.1) is 0 Å². The summed E-state index contributed by atoms with van der Waals surface area (Å²) >= 11 is 5.91. The van der Waals surface area contributed by atoms with Gasteiger partial charge in [-0.2, -0.15) is 0 Å². The molecule has 3 rings (SSSR count). The number of rotatable bonds is 8. The number of nitrogens with one attached hydrogen (secondary N) is 2. The first-order valence-electron chi connectivity index (χ1n) is 9.12. The molecule has 0 saturated heterocycles. The maximum atomic E-state index is 12.5. The molecule has 4 N–H and O–H groups in total. The number of nitrogens with two attached hydrogens (primary N) is 1. The summed E-state index contributed by atoms with van der Waals surface area (Å²) in [6.07, 6.45) is 5.43. The summed E-state index contributed by atoms with van der Waals surface area (Å²) in [6.45, 7) is 1.05. The molecule has 1 aromatic heterocycles. The highest BCUT2D eigenvalue weighted by Crippen LogP contribution is 2.19. The molecule has 2 aromatic carbocycles. The molecule has 0 aliphatic heterocycles. The van der Waals surface area contributed by atoms with Gasteiger partial charge >= 0.3 is 6.03 Å². The van der Waals surface area contributed by atoms with Crippen molar-refractivity contribution < 1.29 is 9.59 Å². The van der Waals surface area contributed by atoms with Gasteiger partial charge < -0.3 is 20.9 Å². The van der Waals surface area contributed by atoms with Crippen molar-refractivity contribution in [3.8, 4) is 0 Å². The lowest BCUT2D eigenvalue weighted by molar-refractivity contribution is -0.121. The van der Waals surface area contributed by atoms with Crippen LogP contribution in [0.25, 0.3) is 0 Å². The second-order valence-corrected chi connectivity index (χ2v) is 7.03.